The molecule has 0 aliphatic rings. The van der Waals surface area contributed by atoms with E-state index in [1.807, 2.05) is 63.4 Å². The minimum absolute atomic E-state index is 0.0190. The van der Waals surface area contributed by atoms with Crippen molar-refractivity contribution in [1.29, 1.82) is 0 Å². The van der Waals surface area contributed by atoms with E-state index in [1.54, 1.807) is 7.11 Å². The lowest BCUT2D eigenvalue weighted by Gasteiger charge is -2.24. The van der Waals surface area contributed by atoms with E-state index in [9.17, 15) is 4.79 Å². The number of nitrogens with one attached hydrogen (secondary N) is 2. The summed E-state index contributed by atoms with van der Waals surface area (Å²) in [6.45, 7) is 4.52. The fourth-order valence-corrected chi connectivity index (χ4v) is 3.06. The van der Waals surface area contributed by atoms with Gasteiger partial charge in [0.15, 0.2) is 0 Å². The molecule has 0 bridgehead atoms. The van der Waals surface area contributed by atoms with Crippen molar-refractivity contribution in [2.24, 2.45) is 5.92 Å². The van der Waals surface area contributed by atoms with Gasteiger partial charge >= 0.3 is 0 Å². The van der Waals surface area contributed by atoms with Crippen LogP contribution in [0.5, 0.6) is 5.75 Å². The van der Waals surface area contributed by atoms with Crippen LogP contribution >= 0.6 is 11.6 Å². The summed E-state index contributed by atoms with van der Waals surface area (Å²) in [5, 5.41) is 6.81. The second kappa shape index (κ2) is 8.88. The van der Waals surface area contributed by atoms with Crippen LogP contribution in [0.3, 0.4) is 0 Å². The molecule has 0 aromatic heterocycles. The van der Waals surface area contributed by atoms with Crippen LogP contribution in [0.4, 0.5) is 0 Å². The van der Waals surface area contributed by atoms with Crippen LogP contribution in [0.25, 0.3) is 0 Å². The van der Waals surface area contributed by atoms with Crippen molar-refractivity contribution in [3.63, 3.8) is 0 Å². The number of aryl methyl sites for hydroxylation is 1. The van der Waals surface area contributed by atoms with Gasteiger partial charge in [-0.1, -0.05) is 42.8 Å². The lowest BCUT2D eigenvalue weighted by molar-refractivity contribution is -0.124. The van der Waals surface area contributed by atoms with Crippen molar-refractivity contribution in [3.05, 3.63) is 64.2 Å². The number of hydrogen-bond acceptors (Lipinski definition) is 3. The molecular formula is C20H25ClN2O2. The van der Waals surface area contributed by atoms with E-state index in [1.165, 1.54) is 0 Å². The number of halogens is 1. The number of amides is 1. The number of ether oxygens (including phenoxy) is 1. The van der Waals surface area contributed by atoms with Crippen LogP contribution in [-0.2, 0) is 4.79 Å². The Labute approximate surface area is 154 Å². The molecule has 5 heteroatoms. The molecule has 0 saturated heterocycles. The van der Waals surface area contributed by atoms with Gasteiger partial charge in [-0.2, -0.15) is 0 Å². The van der Waals surface area contributed by atoms with Gasteiger partial charge in [-0.05, 0) is 48.9 Å². The average molecular weight is 361 g/mol. The Morgan fingerprint density at radius 1 is 1.20 bits per heavy atom. The van der Waals surface area contributed by atoms with Gasteiger partial charge in [0.25, 0.3) is 0 Å². The largest absolute Gasteiger partial charge is 0.497 e. The molecule has 2 N–H and O–H groups in total. The van der Waals surface area contributed by atoms with Gasteiger partial charge in [0.1, 0.15) is 5.75 Å². The van der Waals surface area contributed by atoms with Crippen molar-refractivity contribution >= 4 is 17.5 Å². The summed E-state index contributed by atoms with van der Waals surface area (Å²) in [5.74, 6) is 0.622. The molecule has 25 heavy (non-hydrogen) atoms. The van der Waals surface area contributed by atoms with Gasteiger partial charge in [-0.25, -0.2) is 0 Å². The zero-order valence-corrected chi connectivity index (χ0v) is 15.9. The molecule has 0 fully saturated rings. The quantitative estimate of drug-likeness (QED) is 0.791. The molecule has 0 spiro atoms. The Morgan fingerprint density at radius 2 is 1.92 bits per heavy atom. The van der Waals surface area contributed by atoms with Gasteiger partial charge < -0.3 is 15.4 Å². The third-order valence-corrected chi connectivity index (χ3v) is 4.59. The maximum absolute atomic E-state index is 12.6. The number of methoxy groups -OCH3 is 1. The van der Waals surface area contributed by atoms with Crippen molar-refractivity contribution in [2.75, 3.05) is 20.7 Å². The third kappa shape index (κ3) is 4.74. The molecule has 0 aliphatic carbocycles. The molecule has 2 rings (SSSR count). The lowest BCUT2D eigenvalue weighted by Crippen LogP contribution is -2.37. The highest BCUT2D eigenvalue weighted by atomic mass is 35.5. The number of carbonyl (C=O) groups is 1. The van der Waals surface area contributed by atoms with Crippen molar-refractivity contribution in [2.45, 2.75) is 19.9 Å². The van der Waals surface area contributed by atoms with Gasteiger partial charge in [0.2, 0.25) is 5.91 Å². The molecule has 2 atom stereocenters. The zero-order chi connectivity index (χ0) is 18.4. The predicted molar refractivity (Wildman–Crippen MR) is 102 cm³/mol. The van der Waals surface area contributed by atoms with Gasteiger partial charge in [-0.15, -0.1) is 0 Å². The van der Waals surface area contributed by atoms with E-state index in [0.717, 1.165) is 22.4 Å². The van der Waals surface area contributed by atoms with E-state index in [-0.39, 0.29) is 17.9 Å². The van der Waals surface area contributed by atoms with Crippen LogP contribution < -0.4 is 15.4 Å². The molecular weight excluding hydrogens is 336 g/mol. The van der Waals surface area contributed by atoms with E-state index < -0.39 is 0 Å². The summed E-state index contributed by atoms with van der Waals surface area (Å²) in [4.78, 5) is 12.6. The minimum atomic E-state index is -0.314. The maximum atomic E-state index is 12.6. The number of benzene rings is 2. The first kappa shape index (κ1) is 19.3. The molecule has 0 heterocycles. The maximum Gasteiger partial charge on any atom is 0.224 e. The third-order valence-electron chi connectivity index (χ3n) is 4.25. The predicted octanol–water partition coefficient (Wildman–Crippen LogP) is 3.72. The summed E-state index contributed by atoms with van der Waals surface area (Å²) in [7, 11) is 3.48. The SMILES string of the molecule is CNCC(C)C(=O)NC(c1ccc(OC)cc1C)c1ccccc1Cl. The lowest BCUT2D eigenvalue weighted by atomic mass is 9.94. The van der Waals surface area contributed by atoms with Gasteiger partial charge in [-0.3, -0.25) is 4.79 Å². The molecule has 1 amide bonds. The fraction of sp³-hybridized carbons (Fsp3) is 0.350. The Bertz CT molecular complexity index is 733. The standard InChI is InChI=1S/C20H25ClN2O2/c1-13-11-15(25-4)9-10-16(13)19(17-7-5-6-8-18(17)21)23-20(24)14(2)12-22-3/h5-11,14,19,22H,12H2,1-4H3,(H,23,24). The number of carbonyl (C=O) groups excluding carboxylic acids is 1. The van der Waals surface area contributed by atoms with E-state index >= 15 is 0 Å². The van der Waals surface area contributed by atoms with Crippen LogP contribution in [0.1, 0.15) is 29.7 Å². The Balaban J connectivity index is 2.43. The van der Waals surface area contributed by atoms with Gasteiger partial charge in [0.05, 0.1) is 13.2 Å². The zero-order valence-electron chi connectivity index (χ0n) is 15.1. The summed E-state index contributed by atoms with van der Waals surface area (Å²) < 4.78 is 5.29. The second-order valence-corrected chi connectivity index (χ2v) is 6.55. The van der Waals surface area contributed by atoms with Gasteiger partial charge in [0, 0.05) is 17.5 Å². The van der Waals surface area contributed by atoms with Crippen molar-refractivity contribution in [3.8, 4) is 5.75 Å². The molecule has 2 unspecified atom stereocenters. The second-order valence-electron chi connectivity index (χ2n) is 6.14. The molecule has 0 radical (unpaired) electrons. The topological polar surface area (TPSA) is 50.4 Å². The first-order valence-corrected chi connectivity index (χ1v) is 8.69. The van der Waals surface area contributed by atoms with E-state index in [0.29, 0.717) is 11.6 Å². The van der Waals surface area contributed by atoms with E-state index in [4.69, 9.17) is 16.3 Å². The summed E-state index contributed by atoms with van der Waals surface area (Å²) >= 11 is 6.42. The fourth-order valence-electron chi connectivity index (χ4n) is 2.81. The molecule has 0 aliphatic heterocycles. The van der Waals surface area contributed by atoms with Crippen LogP contribution in [0.2, 0.25) is 5.02 Å². The first-order chi connectivity index (χ1) is 12.0. The highest BCUT2D eigenvalue weighted by Gasteiger charge is 2.23. The first-order valence-electron chi connectivity index (χ1n) is 8.31. The van der Waals surface area contributed by atoms with Crippen LogP contribution in [0.15, 0.2) is 42.5 Å². The molecule has 2 aromatic rings. The Kier molecular flexibility index (Phi) is 6.85. The Morgan fingerprint density at radius 3 is 2.52 bits per heavy atom. The van der Waals surface area contributed by atoms with Crippen LogP contribution in [-0.4, -0.2) is 26.6 Å². The normalized spacial score (nSPS) is 13.2. The molecule has 4 nitrogen and oxygen atoms in total. The number of rotatable bonds is 7. The van der Waals surface area contributed by atoms with Crippen molar-refractivity contribution < 1.29 is 9.53 Å². The summed E-state index contributed by atoms with van der Waals surface area (Å²) in [6, 6.07) is 13.1. The monoisotopic (exact) mass is 360 g/mol. The highest BCUT2D eigenvalue weighted by molar-refractivity contribution is 6.31. The smallest absolute Gasteiger partial charge is 0.224 e. The van der Waals surface area contributed by atoms with E-state index in [2.05, 4.69) is 10.6 Å². The molecule has 134 valence electrons. The molecule has 2 aromatic carbocycles. The summed E-state index contributed by atoms with van der Waals surface area (Å²) in [5.41, 5.74) is 2.91. The average Bonchev–Trinajstić information content (AvgIpc) is 2.60. The van der Waals surface area contributed by atoms with Crippen molar-refractivity contribution in [1.82, 2.24) is 10.6 Å². The molecule has 0 saturated carbocycles. The minimum Gasteiger partial charge on any atom is -0.497 e. The highest BCUT2D eigenvalue weighted by Crippen LogP contribution is 2.31. The van der Waals surface area contributed by atoms with Crippen LogP contribution in [0, 0.1) is 12.8 Å². The Hall–Kier alpha value is -2.04. The number of hydrogen-bond donors (Lipinski definition) is 2. The summed E-state index contributed by atoms with van der Waals surface area (Å²) in [6.07, 6.45) is 0.